The molecule has 1 aromatic carbocycles. The Labute approximate surface area is 191 Å². The summed E-state index contributed by atoms with van der Waals surface area (Å²) in [5, 5.41) is 0. The molecule has 3 aliphatic carbocycles. The van der Waals surface area contributed by atoms with E-state index in [0.29, 0.717) is 17.1 Å². The largest absolute Gasteiger partial charge is 0.389 e. The first-order valence-electron chi connectivity index (χ1n) is 12.0. The first-order chi connectivity index (χ1) is 15.7. The van der Waals surface area contributed by atoms with Crippen LogP contribution in [0.5, 0.6) is 0 Å². The SMILES string of the molecule is C/C=C/CCC1CCC(C2=CC3c4ccc(CCCC(F)(F)F)c(F)c4C3C(F)=C2F)CC1. The summed E-state index contributed by atoms with van der Waals surface area (Å²) < 4.78 is 82.4. The Kier molecular flexibility index (Phi) is 7.11. The van der Waals surface area contributed by atoms with Crippen LogP contribution in [-0.2, 0) is 6.42 Å². The summed E-state index contributed by atoms with van der Waals surface area (Å²) in [6.07, 6.45) is 6.16. The molecule has 0 nitrogen and oxygen atoms in total. The maximum Gasteiger partial charge on any atom is 0.389 e. The van der Waals surface area contributed by atoms with Crippen molar-refractivity contribution in [1.29, 1.82) is 0 Å². The molecule has 1 fully saturated rings. The van der Waals surface area contributed by atoms with E-state index in [1.807, 2.05) is 13.0 Å². The summed E-state index contributed by atoms with van der Waals surface area (Å²) in [6, 6.07) is 3.17. The van der Waals surface area contributed by atoms with Crippen molar-refractivity contribution in [3.05, 3.63) is 70.1 Å². The van der Waals surface area contributed by atoms with Gasteiger partial charge in [-0.1, -0.05) is 30.4 Å². The van der Waals surface area contributed by atoms with Crippen molar-refractivity contribution in [3.63, 3.8) is 0 Å². The van der Waals surface area contributed by atoms with E-state index in [1.165, 1.54) is 6.07 Å². The van der Waals surface area contributed by atoms with Crippen LogP contribution in [0, 0.1) is 17.7 Å². The number of hydrogen-bond donors (Lipinski definition) is 0. The molecule has 6 heteroatoms. The molecule has 0 radical (unpaired) electrons. The van der Waals surface area contributed by atoms with E-state index in [9.17, 15) is 13.2 Å². The quantitative estimate of drug-likeness (QED) is 0.276. The maximum atomic E-state index is 15.1. The first kappa shape index (κ1) is 24.2. The average Bonchev–Trinajstić information content (AvgIpc) is 2.75. The fraction of sp³-hybridized carbons (Fsp3) is 0.556. The van der Waals surface area contributed by atoms with Gasteiger partial charge in [0.15, 0.2) is 5.83 Å². The van der Waals surface area contributed by atoms with Crippen LogP contribution in [0.3, 0.4) is 0 Å². The van der Waals surface area contributed by atoms with E-state index in [2.05, 4.69) is 6.08 Å². The zero-order valence-corrected chi connectivity index (χ0v) is 18.8. The van der Waals surface area contributed by atoms with Gasteiger partial charge in [-0.2, -0.15) is 13.2 Å². The van der Waals surface area contributed by atoms with Crippen LogP contribution >= 0.6 is 0 Å². The normalized spacial score (nSPS) is 27.3. The monoisotopic (exact) mass is 468 g/mol. The number of aryl methyl sites for hydroxylation is 1. The highest BCUT2D eigenvalue weighted by Crippen LogP contribution is 2.59. The highest BCUT2D eigenvalue weighted by Gasteiger charge is 2.47. The fourth-order valence-electron chi connectivity index (χ4n) is 5.78. The van der Waals surface area contributed by atoms with Gasteiger partial charge in [0.1, 0.15) is 11.6 Å². The highest BCUT2D eigenvalue weighted by molar-refractivity contribution is 5.59. The molecule has 0 amide bonds. The van der Waals surface area contributed by atoms with Crippen LogP contribution < -0.4 is 0 Å². The molecule has 180 valence electrons. The number of allylic oxidation sites excluding steroid dienone is 6. The molecule has 0 heterocycles. The highest BCUT2D eigenvalue weighted by atomic mass is 19.4. The average molecular weight is 469 g/mol. The van der Waals surface area contributed by atoms with Crippen molar-refractivity contribution in [2.45, 2.75) is 82.7 Å². The molecular formula is C27H30F6. The van der Waals surface area contributed by atoms with Gasteiger partial charge in [0.25, 0.3) is 0 Å². The summed E-state index contributed by atoms with van der Waals surface area (Å²) in [5.74, 6) is -3.28. The van der Waals surface area contributed by atoms with Crippen molar-refractivity contribution in [2.24, 2.45) is 11.8 Å². The lowest BCUT2D eigenvalue weighted by atomic mass is 9.62. The molecule has 0 bridgehead atoms. The molecule has 0 spiro atoms. The lowest BCUT2D eigenvalue weighted by Gasteiger charge is -2.42. The van der Waals surface area contributed by atoms with Crippen LogP contribution in [0.15, 0.2) is 47.6 Å². The van der Waals surface area contributed by atoms with E-state index >= 15 is 13.2 Å². The molecule has 0 aromatic heterocycles. The van der Waals surface area contributed by atoms with Gasteiger partial charge < -0.3 is 0 Å². The second-order valence-corrected chi connectivity index (χ2v) is 9.66. The maximum absolute atomic E-state index is 15.1. The van der Waals surface area contributed by atoms with Crippen LogP contribution in [-0.4, -0.2) is 6.18 Å². The van der Waals surface area contributed by atoms with E-state index in [4.69, 9.17) is 0 Å². The lowest BCUT2D eigenvalue weighted by molar-refractivity contribution is -0.135. The molecular weight excluding hydrogens is 438 g/mol. The molecule has 4 rings (SSSR count). The van der Waals surface area contributed by atoms with E-state index in [-0.39, 0.29) is 29.9 Å². The van der Waals surface area contributed by atoms with Gasteiger partial charge in [-0.3, -0.25) is 0 Å². The molecule has 0 saturated heterocycles. The Morgan fingerprint density at radius 3 is 2.42 bits per heavy atom. The summed E-state index contributed by atoms with van der Waals surface area (Å²) in [5.41, 5.74) is 1.29. The number of alkyl halides is 3. The van der Waals surface area contributed by atoms with E-state index in [0.717, 1.165) is 38.5 Å². The van der Waals surface area contributed by atoms with Gasteiger partial charge in [-0.25, -0.2) is 13.2 Å². The van der Waals surface area contributed by atoms with Gasteiger partial charge in [-0.15, -0.1) is 0 Å². The Morgan fingerprint density at radius 2 is 1.76 bits per heavy atom. The number of fused-ring (bicyclic) bond motifs is 4. The van der Waals surface area contributed by atoms with Crippen LogP contribution in [0.1, 0.15) is 86.8 Å². The van der Waals surface area contributed by atoms with E-state index < -0.39 is 41.9 Å². The molecule has 0 aliphatic heterocycles. The molecule has 1 saturated carbocycles. The summed E-state index contributed by atoms with van der Waals surface area (Å²) in [6.45, 7) is 2.00. The minimum atomic E-state index is -4.30. The van der Waals surface area contributed by atoms with Crippen LogP contribution in [0.2, 0.25) is 0 Å². The van der Waals surface area contributed by atoms with Crippen molar-refractivity contribution in [2.75, 3.05) is 0 Å². The fourth-order valence-corrected chi connectivity index (χ4v) is 5.78. The summed E-state index contributed by atoms with van der Waals surface area (Å²) >= 11 is 0. The van der Waals surface area contributed by atoms with Gasteiger partial charge >= 0.3 is 6.18 Å². The second kappa shape index (κ2) is 9.71. The number of rotatable bonds is 7. The van der Waals surface area contributed by atoms with Crippen molar-refractivity contribution in [3.8, 4) is 0 Å². The minimum Gasteiger partial charge on any atom is -0.208 e. The summed E-state index contributed by atoms with van der Waals surface area (Å²) in [4.78, 5) is 0. The number of benzene rings is 1. The Balaban J connectivity index is 1.47. The predicted molar refractivity (Wildman–Crippen MR) is 118 cm³/mol. The van der Waals surface area contributed by atoms with Crippen molar-refractivity contribution >= 4 is 0 Å². The van der Waals surface area contributed by atoms with Gasteiger partial charge in [-0.05, 0) is 86.8 Å². The van der Waals surface area contributed by atoms with Gasteiger partial charge in [0.05, 0.1) is 5.92 Å². The second-order valence-electron chi connectivity index (χ2n) is 9.66. The van der Waals surface area contributed by atoms with E-state index in [1.54, 1.807) is 12.1 Å². The first-order valence-corrected chi connectivity index (χ1v) is 12.0. The van der Waals surface area contributed by atoms with Crippen molar-refractivity contribution < 1.29 is 26.3 Å². The molecule has 3 aliphatic rings. The molecule has 2 atom stereocenters. The van der Waals surface area contributed by atoms with Crippen molar-refractivity contribution in [1.82, 2.24) is 0 Å². The zero-order chi connectivity index (χ0) is 23.8. The van der Waals surface area contributed by atoms with Gasteiger partial charge in [0, 0.05) is 17.9 Å². The Bertz CT molecular complexity index is 960. The van der Waals surface area contributed by atoms with Crippen LogP contribution in [0.25, 0.3) is 0 Å². The summed E-state index contributed by atoms with van der Waals surface area (Å²) in [7, 11) is 0. The standard InChI is InChI=1S/C27H30F6/c1-2-3-4-6-16-8-10-17(11-9-16)20-15-21-19-13-12-18(7-5-14-27(31,32)33)24(28)22(19)23(21)26(30)25(20)29/h2-3,12-13,15-17,21,23H,4-11,14H2,1H3/b3-2+. The Hall–Kier alpha value is -1.98. The topological polar surface area (TPSA) is 0 Å². The molecule has 1 aromatic rings. The van der Waals surface area contributed by atoms with Crippen LogP contribution in [0.4, 0.5) is 26.3 Å². The Morgan fingerprint density at radius 1 is 1.03 bits per heavy atom. The minimum absolute atomic E-state index is 0.0230. The molecule has 33 heavy (non-hydrogen) atoms. The number of halogens is 6. The zero-order valence-electron chi connectivity index (χ0n) is 18.8. The van der Waals surface area contributed by atoms with Gasteiger partial charge in [0.2, 0.25) is 0 Å². The molecule has 0 N–H and O–H groups in total. The predicted octanol–water partition coefficient (Wildman–Crippen LogP) is 9.14. The third-order valence-corrected chi connectivity index (χ3v) is 7.59. The third-order valence-electron chi connectivity index (χ3n) is 7.59. The smallest absolute Gasteiger partial charge is 0.208 e. The number of hydrogen-bond acceptors (Lipinski definition) is 0. The lowest BCUT2D eigenvalue weighted by Crippen LogP contribution is -2.30. The third kappa shape index (κ3) is 4.95. The molecule has 2 unspecified atom stereocenters.